The molecular formula is C5H6N2O4. The van der Waals surface area contributed by atoms with Crippen LogP contribution < -0.4 is 0 Å². The molecule has 0 aromatic heterocycles. The maximum absolute atomic E-state index is 10.5. The van der Waals surface area contributed by atoms with Crippen molar-refractivity contribution in [2.75, 3.05) is 0 Å². The maximum Gasteiger partial charge on any atom is 0.521 e. The molecule has 0 aliphatic carbocycles. The molecule has 1 saturated heterocycles. The van der Waals surface area contributed by atoms with Crippen molar-refractivity contribution in [2.45, 2.75) is 12.8 Å². The predicted molar refractivity (Wildman–Crippen MR) is 33.7 cm³/mol. The van der Waals surface area contributed by atoms with Crippen LogP contribution in [0.25, 0.3) is 0 Å². The van der Waals surface area contributed by atoms with Crippen LogP contribution in [0.4, 0.5) is 4.79 Å². The highest BCUT2D eigenvalue weighted by atomic mass is 16.7. The van der Waals surface area contributed by atoms with Crippen LogP contribution in [0.15, 0.2) is 5.16 Å². The highest BCUT2D eigenvalue weighted by Gasteiger charge is 2.19. The second-order valence-corrected chi connectivity index (χ2v) is 1.87. The van der Waals surface area contributed by atoms with Crippen molar-refractivity contribution in [3.8, 4) is 0 Å². The van der Waals surface area contributed by atoms with E-state index in [4.69, 9.17) is 10.6 Å². The van der Waals surface area contributed by atoms with Crippen molar-refractivity contribution in [3.05, 3.63) is 0 Å². The van der Waals surface area contributed by atoms with E-state index >= 15 is 0 Å². The standard InChI is InChI=1S/C5H6N2O4/c6-3-1-2-4(7-9)11-5(8)10-3/h6,9H,1-2H2. The van der Waals surface area contributed by atoms with Crippen molar-refractivity contribution in [1.82, 2.24) is 0 Å². The lowest BCUT2D eigenvalue weighted by atomic mass is 10.3. The van der Waals surface area contributed by atoms with Crippen molar-refractivity contribution in [3.63, 3.8) is 0 Å². The number of hydrogen-bond donors (Lipinski definition) is 2. The fourth-order valence-corrected chi connectivity index (χ4v) is 0.611. The molecule has 0 bridgehead atoms. The van der Waals surface area contributed by atoms with Gasteiger partial charge >= 0.3 is 6.16 Å². The highest BCUT2D eigenvalue weighted by Crippen LogP contribution is 2.05. The van der Waals surface area contributed by atoms with E-state index in [2.05, 4.69) is 14.6 Å². The quantitative estimate of drug-likeness (QED) is 0.308. The molecule has 1 rings (SSSR count). The Bertz CT molecular complexity index is 223. The molecule has 1 aliphatic rings. The zero-order valence-corrected chi connectivity index (χ0v) is 5.53. The van der Waals surface area contributed by atoms with E-state index in [0.717, 1.165) is 0 Å². The van der Waals surface area contributed by atoms with E-state index in [1.807, 2.05) is 0 Å². The van der Waals surface area contributed by atoms with Gasteiger partial charge in [0.05, 0.1) is 0 Å². The van der Waals surface area contributed by atoms with E-state index in [1.165, 1.54) is 0 Å². The third-order valence-electron chi connectivity index (χ3n) is 1.09. The third-order valence-corrected chi connectivity index (χ3v) is 1.09. The first-order valence-electron chi connectivity index (χ1n) is 2.90. The van der Waals surface area contributed by atoms with Crippen LogP contribution in [-0.4, -0.2) is 23.2 Å². The summed E-state index contributed by atoms with van der Waals surface area (Å²) in [5.41, 5.74) is 0. The minimum Gasteiger partial charge on any atom is -0.408 e. The Morgan fingerprint density at radius 1 is 1.45 bits per heavy atom. The Labute approximate surface area is 61.9 Å². The Balaban J connectivity index is 2.67. The summed E-state index contributed by atoms with van der Waals surface area (Å²) in [6.45, 7) is 0. The molecule has 0 unspecified atom stereocenters. The van der Waals surface area contributed by atoms with Gasteiger partial charge in [0, 0.05) is 12.8 Å². The fraction of sp³-hybridized carbons (Fsp3) is 0.400. The minimum absolute atomic E-state index is 0.128. The van der Waals surface area contributed by atoms with Gasteiger partial charge in [-0.2, -0.15) is 0 Å². The summed E-state index contributed by atoms with van der Waals surface area (Å²) < 4.78 is 8.60. The first-order chi connectivity index (χ1) is 5.22. The second-order valence-electron chi connectivity index (χ2n) is 1.87. The molecule has 0 amide bonds. The Hall–Kier alpha value is -1.59. The number of nitrogens with zero attached hydrogens (tertiary/aromatic N) is 1. The van der Waals surface area contributed by atoms with Crippen LogP contribution >= 0.6 is 0 Å². The SMILES string of the molecule is N=C1CCC(=NO)OC(=O)O1. The van der Waals surface area contributed by atoms with E-state index in [9.17, 15) is 4.79 Å². The summed E-state index contributed by atoms with van der Waals surface area (Å²) in [4.78, 5) is 10.5. The zero-order chi connectivity index (χ0) is 8.27. The van der Waals surface area contributed by atoms with Gasteiger partial charge in [0.25, 0.3) is 0 Å². The highest BCUT2D eigenvalue weighted by molar-refractivity contribution is 5.95. The van der Waals surface area contributed by atoms with E-state index in [0.29, 0.717) is 0 Å². The molecule has 0 saturated carbocycles. The number of ether oxygens (including phenoxy) is 2. The summed E-state index contributed by atoms with van der Waals surface area (Å²) in [6.07, 6.45) is -0.632. The van der Waals surface area contributed by atoms with Gasteiger partial charge in [0.15, 0.2) is 5.90 Å². The number of nitrogens with one attached hydrogen (secondary N) is 1. The molecule has 0 aromatic carbocycles. The van der Waals surface area contributed by atoms with Crippen LogP contribution in [0.3, 0.4) is 0 Å². The van der Waals surface area contributed by atoms with Crippen LogP contribution in [-0.2, 0) is 9.47 Å². The van der Waals surface area contributed by atoms with Crippen LogP contribution in [0.1, 0.15) is 12.8 Å². The first kappa shape index (κ1) is 7.52. The summed E-state index contributed by atoms with van der Waals surface area (Å²) in [5, 5.41) is 17.9. The number of oxime groups is 1. The van der Waals surface area contributed by atoms with E-state index in [-0.39, 0.29) is 24.6 Å². The molecule has 11 heavy (non-hydrogen) atoms. The number of carbonyl (C=O) groups excluding carboxylic acids is 1. The topological polar surface area (TPSA) is 92.0 Å². The lowest BCUT2D eigenvalue weighted by Crippen LogP contribution is -2.10. The van der Waals surface area contributed by atoms with Crippen LogP contribution in [0.5, 0.6) is 0 Å². The fourth-order valence-electron chi connectivity index (χ4n) is 0.611. The molecular weight excluding hydrogens is 152 g/mol. The van der Waals surface area contributed by atoms with Gasteiger partial charge in [0.1, 0.15) is 0 Å². The molecule has 6 heteroatoms. The molecule has 1 aliphatic heterocycles. The summed E-state index contributed by atoms with van der Waals surface area (Å²) in [5.74, 6) is -0.314. The summed E-state index contributed by atoms with van der Waals surface area (Å²) >= 11 is 0. The molecule has 1 heterocycles. The zero-order valence-electron chi connectivity index (χ0n) is 5.53. The Morgan fingerprint density at radius 3 is 2.82 bits per heavy atom. The van der Waals surface area contributed by atoms with Gasteiger partial charge < -0.3 is 14.7 Å². The van der Waals surface area contributed by atoms with Crippen LogP contribution in [0, 0.1) is 5.41 Å². The molecule has 6 nitrogen and oxygen atoms in total. The lowest BCUT2D eigenvalue weighted by molar-refractivity contribution is 0.142. The van der Waals surface area contributed by atoms with Crippen LogP contribution in [0.2, 0.25) is 0 Å². The minimum atomic E-state index is -1.03. The normalized spacial score (nSPS) is 22.4. The Kier molecular flexibility index (Phi) is 2.05. The van der Waals surface area contributed by atoms with Crippen molar-refractivity contribution in [2.24, 2.45) is 5.16 Å². The molecule has 0 aromatic rings. The Morgan fingerprint density at radius 2 is 2.18 bits per heavy atom. The summed E-state index contributed by atoms with van der Waals surface area (Å²) in [6, 6.07) is 0. The van der Waals surface area contributed by atoms with Crippen molar-refractivity contribution < 1.29 is 19.5 Å². The van der Waals surface area contributed by atoms with E-state index in [1.54, 1.807) is 0 Å². The molecule has 0 atom stereocenters. The number of rotatable bonds is 0. The van der Waals surface area contributed by atoms with E-state index < -0.39 is 6.16 Å². The van der Waals surface area contributed by atoms with Gasteiger partial charge in [-0.1, -0.05) is 5.16 Å². The smallest absolute Gasteiger partial charge is 0.408 e. The molecule has 2 N–H and O–H groups in total. The van der Waals surface area contributed by atoms with Gasteiger partial charge in [-0.15, -0.1) is 0 Å². The van der Waals surface area contributed by atoms with Gasteiger partial charge in [-0.05, 0) is 0 Å². The monoisotopic (exact) mass is 158 g/mol. The largest absolute Gasteiger partial charge is 0.521 e. The number of hydrogen-bond acceptors (Lipinski definition) is 6. The molecule has 60 valence electrons. The van der Waals surface area contributed by atoms with Gasteiger partial charge in [-0.3, -0.25) is 5.41 Å². The average molecular weight is 158 g/mol. The molecule has 0 radical (unpaired) electrons. The molecule has 1 fully saturated rings. The van der Waals surface area contributed by atoms with Gasteiger partial charge in [0.2, 0.25) is 5.90 Å². The van der Waals surface area contributed by atoms with Crippen molar-refractivity contribution >= 4 is 18.0 Å². The van der Waals surface area contributed by atoms with Crippen molar-refractivity contribution in [1.29, 1.82) is 5.41 Å². The number of carbonyl (C=O) groups is 1. The molecule has 0 spiro atoms. The average Bonchev–Trinajstić information content (AvgIpc) is 2.11. The summed E-state index contributed by atoms with van der Waals surface area (Å²) in [7, 11) is 0. The first-order valence-corrected chi connectivity index (χ1v) is 2.90. The predicted octanol–water partition coefficient (Wildman–Crippen LogP) is 0.698. The van der Waals surface area contributed by atoms with Gasteiger partial charge in [-0.25, -0.2) is 4.79 Å². The second kappa shape index (κ2) is 3.00. The number of cyclic esters (lactones) is 2. The maximum atomic E-state index is 10.5. The third kappa shape index (κ3) is 1.92. The lowest BCUT2D eigenvalue weighted by Gasteiger charge is -1.96.